The van der Waals surface area contributed by atoms with Crippen molar-refractivity contribution >= 4 is 11.6 Å². The highest BCUT2D eigenvalue weighted by Crippen LogP contribution is 2.46. The van der Waals surface area contributed by atoms with Crippen LogP contribution in [0.15, 0.2) is 36.5 Å². The lowest BCUT2D eigenvalue weighted by Gasteiger charge is -2.30. The number of ether oxygens (including phenoxy) is 1. The number of nitrogens with zero attached hydrogens (tertiary/aromatic N) is 4. The Morgan fingerprint density at radius 2 is 2.14 bits per heavy atom. The number of nitriles is 1. The zero-order valence-corrected chi connectivity index (χ0v) is 15.8. The third-order valence-corrected chi connectivity index (χ3v) is 5.80. The van der Waals surface area contributed by atoms with Crippen LogP contribution in [0.5, 0.6) is 5.88 Å². The van der Waals surface area contributed by atoms with E-state index in [-0.39, 0.29) is 29.6 Å². The second-order valence-electron chi connectivity index (χ2n) is 7.33. The number of carbonyl (C=O) groups is 1. The van der Waals surface area contributed by atoms with Gasteiger partial charge >= 0.3 is 0 Å². The van der Waals surface area contributed by atoms with Crippen LogP contribution >= 0.6 is 0 Å². The largest absolute Gasteiger partial charge is 0.480 e. The van der Waals surface area contributed by atoms with E-state index in [0.717, 1.165) is 17.8 Å². The molecule has 2 aliphatic rings. The first-order chi connectivity index (χ1) is 13.5. The molecule has 3 heterocycles. The van der Waals surface area contributed by atoms with Crippen LogP contribution in [0.25, 0.3) is 0 Å². The molecule has 28 heavy (non-hydrogen) atoms. The Hall–Kier alpha value is -3.14. The second kappa shape index (κ2) is 7.12. The molecule has 1 aromatic carbocycles. The highest BCUT2D eigenvalue weighted by atomic mass is 19.1. The molecule has 4 rings (SSSR count). The Bertz CT molecular complexity index is 958. The van der Waals surface area contributed by atoms with Crippen molar-refractivity contribution in [3.8, 4) is 11.9 Å². The molecule has 2 aliphatic heterocycles. The summed E-state index contributed by atoms with van der Waals surface area (Å²) >= 11 is 0. The van der Waals surface area contributed by atoms with Crippen molar-refractivity contribution in [3.63, 3.8) is 0 Å². The van der Waals surface area contributed by atoms with Gasteiger partial charge in [0, 0.05) is 44.6 Å². The maximum Gasteiger partial charge on any atom is 0.233 e. The summed E-state index contributed by atoms with van der Waals surface area (Å²) in [7, 11) is 1.50. The fraction of sp³-hybridized carbons (Fsp3) is 0.381. The summed E-state index contributed by atoms with van der Waals surface area (Å²) in [6.07, 6.45) is 1.63. The summed E-state index contributed by atoms with van der Waals surface area (Å²) in [5.74, 6) is 0.423. The first-order valence-corrected chi connectivity index (χ1v) is 9.24. The number of fused-ring (bicyclic) bond motifs is 1. The number of amides is 1. The van der Waals surface area contributed by atoms with E-state index in [1.54, 1.807) is 19.2 Å². The quantitative estimate of drug-likeness (QED) is 0.819. The lowest BCUT2D eigenvalue weighted by atomic mass is 9.89. The average Bonchev–Trinajstić information content (AvgIpc) is 3.25. The SMILES string of the molecule is COc1nccc(N2C[C@@H]3CN(C(C)=O)[C@@H](c4cccc(F)c4)[C@@H]3C2)c1C#N. The van der Waals surface area contributed by atoms with Gasteiger partial charge in [-0.05, 0) is 23.8 Å². The van der Waals surface area contributed by atoms with Crippen molar-refractivity contribution in [2.75, 3.05) is 31.6 Å². The van der Waals surface area contributed by atoms with E-state index in [1.807, 2.05) is 17.0 Å². The molecule has 0 spiro atoms. The van der Waals surface area contributed by atoms with Gasteiger partial charge in [-0.1, -0.05) is 12.1 Å². The summed E-state index contributed by atoms with van der Waals surface area (Å²) in [6.45, 7) is 3.59. The zero-order chi connectivity index (χ0) is 19.8. The first-order valence-electron chi connectivity index (χ1n) is 9.24. The van der Waals surface area contributed by atoms with Gasteiger partial charge in [0.1, 0.15) is 17.4 Å². The van der Waals surface area contributed by atoms with Gasteiger partial charge in [0.2, 0.25) is 11.8 Å². The van der Waals surface area contributed by atoms with E-state index in [9.17, 15) is 14.4 Å². The topological polar surface area (TPSA) is 69.5 Å². The number of methoxy groups -OCH3 is 1. The van der Waals surface area contributed by atoms with E-state index in [0.29, 0.717) is 24.5 Å². The third-order valence-electron chi connectivity index (χ3n) is 5.80. The number of anilines is 1. The molecule has 0 aliphatic carbocycles. The third kappa shape index (κ3) is 2.95. The predicted molar refractivity (Wildman–Crippen MR) is 101 cm³/mol. The Balaban J connectivity index is 1.68. The average molecular weight is 380 g/mol. The van der Waals surface area contributed by atoms with Crippen LogP contribution < -0.4 is 9.64 Å². The monoisotopic (exact) mass is 380 g/mol. The van der Waals surface area contributed by atoms with Crippen LogP contribution in [-0.2, 0) is 4.79 Å². The standard InChI is InChI=1S/C21H21FN4O2/c1-13(27)26-11-15-10-25(19-6-7-24-21(28-2)17(19)9-23)12-18(15)20(26)14-4-3-5-16(22)8-14/h3-8,15,18,20H,10-12H2,1-2H3/t15-,18-,20+/m1/s1. The Morgan fingerprint density at radius 3 is 2.82 bits per heavy atom. The Labute approximate surface area is 163 Å². The van der Waals surface area contributed by atoms with Gasteiger partial charge in [0.05, 0.1) is 18.8 Å². The number of likely N-dealkylation sites (tertiary alicyclic amines) is 1. The van der Waals surface area contributed by atoms with Gasteiger partial charge in [-0.2, -0.15) is 5.26 Å². The minimum absolute atomic E-state index is 0.00138. The van der Waals surface area contributed by atoms with Gasteiger partial charge in [0.15, 0.2) is 0 Å². The fourth-order valence-corrected chi connectivity index (χ4v) is 4.64. The second-order valence-corrected chi connectivity index (χ2v) is 7.33. The van der Waals surface area contributed by atoms with Gasteiger partial charge in [-0.3, -0.25) is 4.79 Å². The van der Waals surface area contributed by atoms with E-state index in [4.69, 9.17) is 4.74 Å². The summed E-state index contributed by atoms with van der Waals surface area (Å²) in [5.41, 5.74) is 2.02. The number of hydrogen-bond donors (Lipinski definition) is 0. The van der Waals surface area contributed by atoms with Crippen molar-refractivity contribution < 1.29 is 13.9 Å². The highest BCUT2D eigenvalue weighted by molar-refractivity contribution is 5.74. The van der Waals surface area contributed by atoms with Gasteiger partial charge in [-0.15, -0.1) is 0 Å². The van der Waals surface area contributed by atoms with Crippen molar-refractivity contribution in [3.05, 3.63) is 53.5 Å². The van der Waals surface area contributed by atoms with Crippen molar-refractivity contribution in [2.24, 2.45) is 11.8 Å². The number of halogens is 1. The van der Waals surface area contributed by atoms with Gasteiger partial charge < -0.3 is 14.5 Å². The van der Waals surface area contributed by atoms with Crippen LogP contribution in [0, 0.1) is 29.0 Å². The minimum Gasteiger partial charge on any atom is -0.480 e. The van der Waals surface area contributed by atoms with E-state index in [1.165, 1.54) is 19.2 Å². The van der Waals surface area contributed by atoms with Crippen LogP contribution in [-0.4, -0.2) is 42.5 Å². The number of pyridine rings is 1. The molecule has 1 amide bonds. The molecule has 2 saturated heterocycles. The molecule has 0 radical (unpaired) electrons. The molecule has 3 atom stereocenters. The zero-order valence-electron chi connectivity index (χ0n) is 15.8. The van der Waals surface area contributed by atoms with E-state index >= 15 is 0 Å². The normalized spacial score (nSPS) is 23.4. The van der Waals surface area contributed by atoms with Crippen molar-refractivity contribution in [1.82, 2.24) is 9.88 Å². The minimum atomic E-state index is -0.301. The molecule has 0 bridgehead atoms. The summed E-state index contributed by atoms with van der Waals surface area (Å²) in [4.78, 5) is 20.3. The van der Waals surface area contributed by atoms with Crippen molar-refractivity contribution in [1.29, 1.82) is 5.26 Å². The fourth-order valence-electron chi connectivity index (χ4n) is 4.64. The molecule has 144 valence electrons. The molecular formula is C21H21FN4O2. The molecule has 0 N–H and O–H groups in total. The summed E-state index contributed by atoms with van der Waals surface area (Å²) in [6, 6.07) is 10.3. The van der Waals surface area contributed by atoms with E-state index in [2.05, 4.69) is 16.0 Å². The molecule has 0 unspecified atom stereocenters. The van der Waals surface area contributed by atoms with Crippen LogP contribution in [0.4, 0.5) is 10.1 Å². The highest BCUT2D eigenvalue weighted by Gasteiger charge is 2.48. The van der Waals surface area contributed by atoms with Gasteiger partial charge in [0.25, 0.3) is 0 Å². The predicted octanol–water partition coefficient (Wildman–Crippen LogP) is 2.76. The van der Waals surface area contributed by atoms with Crippen molar-refractivity contribution in [2.45, 2.75) is 13.0 Å². The molecule has 0 saturated carbocycles. The molecule has 2 fully saturated rings. The molecule has 6 nitrogen and oxygen atoms in total. The van der Waals surface area contributed by atoms with Crippen LogP contribution in [0.3, 0.4) is 0 Å². The number of rotatable bonds is 3. The molecule has 2 aromatic rings. The molecule has 7 heteroatoms. The molecule has 1 aromatic heterocycles. The van der Waals surface area contributed by atoms with Crippen LogP contribution in [0.2, 0.25) is 0 Å². The lowest BCUT2D eigenvalue weighted by molar-refractivity contribution is -0.130. The van der Waals surface area contributed by atoms with Gasteiger partial charge in [-0.25, -0.2) is 9.37 Å². The van der Waals surface area contributed by atoms with E-state index < -0.39 is 0 Å². The number of aromatic nitrogens is 1. The lowest BCUT2D eigenvalue weighted by Crippen LogP contribution is -2.34. The number of benzene rings is 1. The number of carbonyl (C=O) groups excluding carboxylic acids is 1. The maximum atomic E-state index is 13.8. The summed E-state index contributed by atoms with van der Waals surface area (Å²) < 4.78 is 19.1. The maximum absolute atomic E-state index is 13.8. The Morgan fingerprint density at radius 1 is 1.32 bits per heavy atom. The van der Waals surface area contributed by atoms with Crippen LogP contribution in [0.1, 0.15) is 24.1 Å². The molecular weight excluding hydrogens is 359 g/mol. The smallest absolute Gasteiger partial charge is 0.233 e. The Kier molecular flexibility index (Phi) is 4.63. The number of hydrogen-bond acceptors (Lipinski definition) is 5. The summed E-state index contributed by atoms with van der Waals surface area (Å²) in [5, 5.41) is 9.58. The first kappa shape index (κ1) is 18.2.